The molecule has 4 nitrogen and oxygen atoms in total. The Balaban J connectivity index is 1.81. The van der Waals surface area contributed by atoms with E-state index in [2.05, 4.69) is 35.9 Å². The summed E-state index contributed by atoms with van der Waals surface area (Å²) in [5.74, 6) is 0. The van der Waals surface area contributed by atoms with Gasteiger partial charge in [-0.15, -0.1) is 0 Å². The lowest BCUT2D eigenvalue weighted by molar-refractivity contribution is -0.0475. The summed E-state index contributed by atoms with van der Waals surface area (Å²) in [4.78, 5) is 5.07. The number of morpholine rings is 1. The van der Waals surface area contributed by atoms with Gasteiger partial charge in [-0.3, -0.25) is 9.80 Å². The number of nitrogens with zero attached hydrogens (tertiary/aromatic N) is 2. The number of ether oxygens (including phenoxy) is 1. The van der Waals surface area contributed by atoms with E-state index in [1.165, 1.54) is 6.42 Å². The van der Waals surface area contributed by atoms with Crippen LogP contribution in [0, 0.1) is 0 Å². The second-order valence-electron chi connectivity index (χ2n) is 5.96. The molecule has 2 heterocycles. The average molecular weight is 255 g/mol. The van der Waals surface area contributed by atoms with E-state index in [1.807, 2.05) is 0 Å². The highest BCUT2D eigenvalue weighted by atomic mass is 16.5. The maximum Gasteiger partial charge on any atom is 0.0829 e. The van der Waals surface area contributed by atoms with Crippen LogP contribution in [-0.4, -0.2) is 73.9 Å². The summed E-state index contributed by atoms with van der Waals surface area (Å²) in [6.07, 6.45) is 1.59. The standard InChI is InChI=1S/C14H29N3O/c1-4-14(3)12-17(7-6-15-14)11-13-10-16(5-2)8-9-18-13/h13,15H,4-12H2,1-3H3. The minimum atomic E-state index is 0.289. The number of rotatable bonds is 4. The van der Waals surface area contributed by atoms with Crippen LogP contribution in [0.3, 0.4) is 0 Å². The lowest BCUT2D eigenvalue weighted by Gasteiger charge is -2.43. The maximum absolute atomic E-state index is 5.91. The molecule has 0 amide bonds. The Kier molecular flexibility index (Phi) is 5.01. The molecule has 0 aromatic rings. The van der Waals surface area contributed by atoms with Crippen molar-refractivity contribution in [2.45, 2.75) is 38.8 Å². The Morgan fingerprint density at radius 1 is 1.28 bits per heavy atom. The van der Waals surface area contributed by atoms with Crippen LogP contribution in [0.4, 0.5) is 0 Å². The van der Waals surface area contributed by atoms with E-state index < -0.39 is 0 Å². The topological polar surface area (TPSA) is 27.7 Å². The molecule has 0 saturated carbocycles. The molecule has 2 aliphatic heterocycles. The fourth-order valence-corrected chi connectivity index (χ4v) is 3.00. The van der Waals surface area contributed by atoms with Crippen molar-refractivity contribution in [3.63, 3.8) is 0 Å². The number of hydrogen-bond acceptors (Lipinski definition) is 4. The normalized spacial score (nSPS) is 35.8. The molecular formula is C14H29N3O. The fraction of sp³-hybridized carbons (Fsp3) is 1.00. The maximum atomic E-state index is 5.91. The molecule has 0 radical (unpaired) electrons. The number of likely N-dealkylation sites (N-methyl/N-ethyl adjacent to an activating group) is 1. The van der Waals surface area contributed by atoms with E-state index in [-0.39, 0.29) is 5.54 Å². The molecule has 0 aliphatic carbocycles. The van der Waals surface area contributed by atoms with Crippen molar-refractivity contribution >= 4 is 0 Å². The van der Waals surface area contributed by atoms with Crippen molar-refractivity contribution in [3.05, 3.63) is 0 Å². The van der Waals surface area contributed by atoms with E-state index in [0.29, 0.717) is 6.10 Å². The largest absolute Gasteiger partial charge is 0.374 e. The van der Waals surface area contributed by atoms with Crippen LogP contribution in [0.1, 0.15) is 27.2 Å². The molecule has 2 rings (SSSR count). The minimum Gasteiger partial charge on any atom is -0.374 e. The van der Waals surface area contributed by atoms with Gasteiger partial charge in [-0.1, -0.05) is 13.8 Å². The Morgan fingerprint density at radius 3 is 2.83 bits per heavy atom. The average Bonchev–Trinajstić information content (AvgIpc) is 2.39. The molecule has 2 aliphatic rings. The van der Waals surface area contributed by atoms with Crippen LogP contribution >= 0.6 is 0 Å². The summed E-state index contributed by atoms with van der Waals surface area (Å²) in [5, 5.41) is 3.64. The van der Waals surface area contributed by atoms with Crippen LogP contribution in [-0.2, 0) is 4.74 Å². The second-order valence-corrected chi connectivity index (χ2v) is 5.96. The van der Waals surface area contributed by atoms with E-state index >= 15 is 0 Å². The van der Waals surface area contributed by atoms with E-state index in [0.717, 1.165) is 52.4 Å². The highest BCUT2D eigenvalue weighted by Gasteiger charge is 2.30. The van der Waals surface area contributed by atoms with Crippen LogP contribution < -0.4 is 5.32 Å². The van der Waals surface area contributed by atoms with Crippen LogP contribution in [0.25, 0.3) is 0 Å². The molecule has 106 valence electrons. The van der Waals surface area contributed by atoms with Gasteiger partial charge in [0.05, 0.1) is 12.7 Å². The Hall–Kier alpha value is -0.160. The summed E-state index contributed by atoms with van der Waals surface area (Å²) < 4.78 is 5.91. The van der Waals surface area contributed by atoms with Crippen molar-refractivity contribution in [2.75, 3.05) is 52.4 Å². The lowest BCUT2D eigenvalue weighted by Crippen LogP contribution is -2.60. The van der Waals surface area contributed by atoms with Gasteiger partial charge in [0.15, 0.2) is 0 Å². The van der Waals surface area contributed by atoms with Gasteiger partial charge in [0.2, 0.25) is 0 Å². The van der Waals surface area contributed by atoms with Gasteiger partial charge in [0.1, 0.15) is 0 Å². The lowest BCUT2D eigenvalue weighted by atomic mass is 9.95. The van der Waals surface area contributed by atoms with Crippen molar-refractivity contribution < 1.29 is 4.74 Å². The van der Waals surface area contributed by atoms with E-state index in [4.69, 9.17) is 4.74 Å². The van der Waals surface area contributed by atoms with Gasteiger partial charge in [-0.2, -0.15) is 0 Å². The molecule has 0 aromatic heterocycles. The molecule has 18 heavy (non-hydrogen) atoms. The zero-order valence-corrected chi connectivity index (χ0v) is 12.2. The van der Waals surface area contributed by atoms with Crippen molar-refractivity contribution in [1.29, 1.82) is 0 Å². The fourth-order valence-electron chi connectivity index (χ4n) is 3.00. The van der Waals surface area contributed by atoms with Gasteiger partial charge in [-0.05, 0) is 19.9 Å². The predicted molar refractivity (Wildman–Crippen MR) is 75.0 cm³/mol. The third-order valence-corrected chi connectivity index (χ3v) is 4.46. The first-order valence-corrected chi connectivity index (χ1v) is 7.46. The Labute approximate surface area is 112 Å². The summed E-state index contributed by atoms with van der Waals surface area (Å²) in [5.41, 5.74) is 0.289. The quantitative estimate of drug-likeness (QED) is 0.803. The van der Waals surface area contributed by atoms with Crippen LogP contribution in [0.15, 0.2) is 0 Å². The SMILES string of the molecule is CCN1CCOC(CN2CCNC(C)(CC)C2)C1. The molecule has 0 bridgehead atoms. The molecule has 0 aromatic carbocycles. The first-order valence-electron chi connectivity index (χ1n) is 7.46. The first-order chi connectivity index (χ1) is 8.65. The zero-order valence-electron chi connectivity index (χ0n) is 12.2. The molecule has 1 N–H and O–H groups in total. The minimum absolute atomic E-state index is 0.289. The monoisotopic (exact) mass is 255 g/mol. The third kappa shape index (κ3) is 3.67. The van der Waals surface area contributed by atoms with E-state index in [9.17, 15) is 0 Å². The molecule has 2 fully saturated rings. The summed E-state index contributed by atoms with van der Waals surface area (Å²) in [6, 6.07) is 0. The van der Waals surface area contributed by atoms with Gasteiger partial charge >= 0.3 is 0 Å². The van der Waals surface area contributed by atoms with Gasteiger partial charge in [0, 0.05) is 44.8 Å². The molecule has 2 atom stereocenters. The van der Waals surface area contributed by atoms with Crippen molar-refractivity contribution in [2.24, 2.45) is 0 Å². The first kappa shape index (κ1) is 14.3. The smallest absolute Gasteiger partial charge is 0.0829 e. The number of piperazine rings is 1. The summed E-state index contributed by atoms with van der Waals surface area (Å²) in [6.45, 7) is 15.6. The predicted octanol–water partition coefficient (Wildman–Crippen LogP) is 0.781. The summed E-state index contributed by atoms with van der Waals surface area (Å²) >= 11 is 0. The number of hydrogen-bond donors (Lipinski definition) is 1. The van der Waals surface area contributed by atoms with Crippen LogP contribution in [0.2, 0.25) is 0 Å². The van der Waals surface area contributed by atoms with Crippen molar-refractivity contribution in [3.8, 4) is 0 Å². The zero-order chi connectivity index (χ0) is 13.0. The van der Waals surface area contributed by atoms with Crippen LogP contribution in [0.5, 0.6) is 0 Å². The van der Waals surface area contributed by atoms with Gasteiger partial charge in [-0.25, -0.2) is 0 Å². The Morgan fingerprint density at radius 2 is 2.11 bits per heavy atom. The number of nitrogens with one attached hydrogen (secondary N) is 1. The second kappa shape index (κ2) is 6.33. The Bertz CT molecular complexity index is 261. The molecular weight excluding hydrogens is 226 g/mol. The molecule has 4 heteroatoms. The van der Waals surface area contributed by atoms with Crippen molar-refractivity contribution in [1.82, 2.24) is 15.1 Å². The van der Waals surface area contributed by atoms with Gasteiger partial charge in [0.25, 0.3) is 0 Å². The highest BCUT2D eigenvalue weighted by Crippen LogP contribution is 2.16. The summed E-state index contributed by atoms with van der Waals surface area (Å²) in [7, 11) is 0. The third-order valence-electron chi connectivity index (χ3n) is 4.46. The highest BCUT2D eigenvalue weighted by molar-refractivity contribution is 4.90. The van der Waals surface area contributed by atoms with Gasteiger partial charge < -0.3 is 10.1 Å². The molecule has 0 spiro atoms. The molecule has 2 unspecified atom stereocenters. The molecule has 2 saturated heterocycles. The van der Waals surface area contributed by atoms with E-state index in [1.54, 1.807) is 0 Å².